The second-order valence-electron chi connectivity index (χ2n) is 3.94. The molecule has 16 heavy (non-hydrogen) atoms. The summed E-state index contributed by atoms with van der Waals surface area (Å²) in [6, 6.07) is 8.53. The van der Waals surface area contributed by atoms with E-state index >= 15 is 0 Å². The molecule has 0 aliphatic rings. The molecule has 2 heteroatoms. The van der Waals surface area contributed by atoms with Crippen LogP contribution in [0, 0.1) is 0 Å². The molecular weight excluding hydrogens is 198 g/mol. The van der Waals surface area contributed by atoms with Crippen LogP contribution in [-0.4, -0.2) is 19.7 Å². The van der Waals surface area contributed by atoms with E-state index in [2.05, 4.69) is 44.3 Å². The summed E-state index contributed by atoms with van der Waals surface area (Å²) in [6.07, 6.45) is 2.20. The van der Waals surface area contributed by atoms with E-state index in [0.717, 1.165) is 12.3 Å². The van der Waals surface area contributed by atoms with Gasteiger partial charge in [0.1, 0.15) is 5.75 Å². The molecule has 0 aliphatic carbocycles. The van der Waals surface area contributed by atoms with Gasteiger partial charge in [-0.05, 0) is 38.1 Å². The Morgan fingerprint density at radius 1 is 1.38 bits per heavy atom. The summed E-state index contributed by atoms with van der Waals surface area (Å²) in [5.41, 5.74) is 2.55. The van der Waals surface area contributed by atoms with Crippen molar-refractivity contribution in [2.45, 2.75) is 26.8 Å². The summed E-state index contributed by atoms with van der Waals surface area (Å²) in [6.45, 7) is 7.45. The van der Waals surface area contributed by atoms with Crippen molar-refractivity contribution in [2.24, 2.45) is 0 Å². The normalized spacial score (nSPS) is 13.6. The van der Waals surface area contributed by atoms with Gasteiger partial charge in [0.05, 0.1) is 7.11 Å². The largest absolute Gasteiger partial charge is 0.497 e. The minimum absolute atomic E-state index is 0.423. The van der Waals surface area contributed by atoms with Crippen molar-refractivity contribution < 1.29 is 4.74 Å². The van der Waals surface area contributed by atoms with Crippen molar-refractivity contribution in [2.75, 3.05) is 13.7 Å². The lowest BCUT2D eigenvalue weighted by Gasteiger charge is -2.13. The lowest BCUT2D eigenvalue weighted by Crippen LogP contribution is -2.26. The summed E-state index contributed by atoms with van der Waals surface area (Å²) in [4.78, 5) is 0. The summed E-state index contributed by atoms with van der Waals surface area (Å²) in [5.74, 6) is 0.898. The van der Waals surface area contributed by atoms with Crippen LogP contribution < -0.4 is 10.1 Å². The average Bonchev–Trinajstić information content (AvgIpc) is 2.30. The van der Waals surface area contributed by atoms with E-state index in [1.807, 2.05) is 12.1 Å². The van der Waals surface area contributed by atoms with E-state index in [1.54, 1.807) is 7.11 Å². The fourth-order valence-corrected chi connectivity index (χ4v) is 1.56. The molecule has 0 amide bonds. The summed E-state index contributed by atoms with van der Waals surface area (Å²) in [7, 11) is 1.68. The van der Waals surface area contributed by atoms with Crippen molar-refractivity contribution >= 4 is 6.08 Å². The SMILES string of the molecule is CCNC(C)/C(C)=C/c1ccc(OC)cc1. The molecule has 1 unspecified atom stereocenters. The lowest BCUT2D eigenvalue weighted by molar-refractivity contribution is 0.415. The Hall–Kier alpha value is -1.28. The number of benzene rings is 1. The predicted molar refractivity (Wildman–Crippen MR) is 69.8 cm³/mol. The summed E-state index contributed by atoms with van der Waals surface area (Å²) < 4.78 is 5.13. The van der Waals surface area contributed by atoms with Crippen molar-refractivity contribution in [3.05, 3.63) is 35.4 Å². The molecule has 0 saturated carbocycles. The molecule has 1 aromatic carbocycles. The van der Waals surface area contributed by atoms with Gasteiger partial charge in [-0.3, -0.25) is 0 Å². The van der Waals surface area contributed by atoms with Crippen LogP contribution in [0.2, 0.25) is 0 Å². The second kappa shape index (κ2) is 6.33. The van der Waals surface area contributed by atoms with Crippen LogP contribution in [0.15, 0.2) is 29.8 Å². The van der Waals surface area contributed by atoms with Gasteiger partial charge in [0, 0.05) is 6.04 Å². The van der Waals surface area contributed by atoms with E-state index in [0.29, 0.717) is 6.04 Å². The van der Waals surface area contributed by atoms with E-state index < -0.39 is 0 Å². The Kier molecular flexibility index (Phi) is 5.06. The first-order valence-corrected chi connectivity index (χ1v) is 5.73. The van der Waals surface area contributed by atoms with Gasteiger partial charge in [-0.15, -0.1) is 0 Å². The fraction of sp³-hybridized carbons (Fsp3) is 0.429. The van der Waals surface area contributed by atoms with E-state index in [4.69, 9.17) is 4.74 Å². The minimum Gasteiger partial charge on any atom is -0.497 e. The van der Waals surface area contributed by atoms with Gasteiger partial charge in [-0.25, -0.2) is 0 Å². The number of ether oxygens (including phenoxy) is 1. The van der Waals surface area contributed by atoms with Crippen LogP contribution >= 0.6 is 0 Å². The van der Waals surface area contributed by atoms with Gasteiger partial charge in [-0.1, -0.05) is 30.7 Å². The van der Waals surface area contributed by atoms with Gasteiger partial charge < -0.3 is 10.1 Å². The molecule has 0 heterocycles. The average molecular weight is 219 g/mol. The smallest absolute Gasteiger partial charge is 0.118 e. The monoisotopic (exact) mass is 219 g/mol. The van der Waals surface area contributed by atoms with Crippen LogP contribution in [0.4, 0.5) is 0 Å². The van der Waals surface area contributed by atoms with Crippen molar-refractivity contribution in [1.82, 2.24) is 5.32 Å². The summed E-state index contributed by atoms with van der Waals surface area (Å²) >= 11 is 0. The maximum atomic E-state index is 5.13. The number of hydrogen-bond donors (Lipinski definition) is 1. The van der Waals surface area contributed by atoms with Crippen LogP contribution in [0.1, 0.15) is 26.3 Å². The molecule has 1 aromatic rings. The molecule has 1 atom stereocenters. The van der Waals surface area contributed by atoms with Gasteiger partial charge in [0.15, 0.2) is 0 Å². The molecule has 0 spiro atoms. The Bertz CT molecular complexity index is 340. The third kappa shape index (κ3) is 3.70. The Labute approximate surface area is 98.3 Å². The maximum absolute atomic E-state index is 5.13. The number of likely N-dealkylation sites (N-methyl/N-ethyl adjacent to an activating group) is 1. The van der Waals surface area contributed by atoms with Crippen LogP contribution in [-0.2, 0) is 0 Å². The topological polar surface area (TPSA) is 21.3 Å². The van der Waals surface area contributed by atoms with E-state index in [-0.39, 0.29) is 0 Å². The molecule has 0 fully saturated rings. The molecule has 0 aliphatic heterocycles. The Morgan fingerprint density at radius 3 is 2.50 bits per heavy atom. The highest BCUT2D eigenvalue weighted by molar-refractivity contribution is 5.54. The number of nitrogens with one attached hydrogen (secondary N) is 1. The number of methoxy groups -OCH3 is 1. The highest BCUT2D eigenvalue weighted by atomic mass is 16.5. The van der Waals surface area contributed by atoms with Crippen LogP contribution in [0.25, 0.3) is 6.08 Å². The zero-order chi connectivity index (χ0) is 12.0. The molecule has 0 radical (unpaired) electrons. The Balaban J connectivity index is 2.73. The van der Waals surface area contributed by atoms with Gasteiger partial charge in [0.25, 0.3) is 0 Å². The first-order chi connectivity index (χ1) is 7.67. The quantitative estimate of drug-likeness (QED) is 0.821. The second-order valence-corrected chi connectivity index (χ2v) is 3.94. The van der Waals surface area contributed by atoms with Crippen LogP contribution in [0.5, 0.6) is 5.75 Å². The molecule has 88 valence electrons. The number of rotatable bonds is 5. The maximum Gasteiger partial charge on any atom is 0.118 e. The molecule has 0 aromatic heterocycles. The minimum atomic E-state index is 0.423. The highest BCUT2D eigenvalue weighted by Crippen LogP contribution is 2.14. The lowest BCUT2D eigenvalue weighted by atomic mass is 10.1. The van der Waals surface area contributed by atoms with Crippen molar-refractivity contribution in [3.8, 4) is 5.75 Å². The van der Waals surface area contributed by atoms with Gasteiger partial charge in [-0.2, -0.15) is 0 Å². The number of hydrogen-bond acceptors (Lipinski definition) is 2. The standard InChI is InChI=1S/C14H21NO/c1-5-15-12(3)11(2)10-13-6-8-14(16-4)9-7-13/h6-10,12,15H,5H2,1-4H3/b11-10+. The Morgan fingerprint density at radius 2 is 2.00 bits per heavy atom. The van der Waals surface area contributed by atoms with E-state index in [1.165, 1.54) is 11.1 Å². The molecule has 1 rings (SSSR count). The molecule has 2 nitrogen and oxygen atoms in total. The van der Waals surface area contributed by atoms with Crippen LogP contribution in [0.3, 0.4) is 0 Å². The van der Waals surface area contributed by atoms with Gasteiger partial charge in [0.2, 0.25) is 0 Å². The van der Waals surface area contributed by atoms with Crippen molar-refractivity contribution in [1.29, 1.82) is 0 Å². The molecular formula is C14H21NO. The first kappa shape index (κ1) is 12.8. The van der Waals surface area contributed by atoms with Crippen molar-refractivity contribution in [3.63, 3.8) is 0 Å². The third-order valence-corrected chi connectivity index (χ3v) is 2.70. The third-order valence-electron chi connectivity index (χ3n) is 2.70. The molecule has 0 bridgehead atoms. The molecule has 0 saturated heterocycles. The first-order valence-electron chi connectivity index (χ1n) is 5.73. The van der Waals surface area contributed by atoms with Gasteiger partial charge >= 0.3 is 0 Å². The van der Waals surface area contributed by atoms with E-state index in [9.17, 15) is 0 Å². The summed E-state index contributed by atoms with van der Waals surface area (Å²) in [5, 5.41) is 3.40. The zero-order valence-corrected chi connectivity index (χ0v) is 10.6. The molecule has 1 N–H and O–H groups in total. The highest BCUT2D eigenvalue weighted by Gasteiger charge is 2.01. The zero-order valence-electron chi connectivity index (χ0n) is 10.6. The predicted octanol–water partition coefficient (Wildman–Crippen LogP) is 3.10. The fourth-order valence-electron chi connectivity index (χ4n) is 1.56.